The number of hydrogen-bond donors (Lipinski definition) is 0. The van der Waals surface area contributed by atoms with Crippen LogP contribution in [0.15, 0.2) is 63.8 Å². The molecule has 0 saturated carbocycles. The topological polar surface area (TPSA) is 55.5 Å². The van der Waals surface area contributed by atoms with E-state index in [1.165, 1.54) is 4.90 Å². The van der Waals surface area contributed by atoms with Crippen LogP contribution >= 0.6 is 11.6 Å². The number of nitrogens with zero attached hydrogens (tertiary/aromatic N) is 2. The largest absolute Gasteiger partial charge is 0.422 e. The Kier molecular flexibility index (Phi) is 3.81. The van der Waals surface area contributed by atoms with Gasteiger partial charge in [0.25, 0.3) is 5.91 Å². The molecule has 0 aliphatic heterocycles. The molecule has 0 radical (unpaired) electrons. The van der Waals surface area contributed by atoms with E-state index in [1.54, 1.807) is 61.1 Å². The lowest BCUT2D eigenvalue weighted by Gasteiger charge is -2.18. The fourth-order valence-corrected chi connectivity index (χ4v) is 3.35. The Hall–Kier alpha value is -3.05. The average molecular weight is 367 g/mol. The van der Waals surface area contributed by atoms with Crippen LogP contribution in [-0.4, -0.2) is 17.5 Å². The number of aryl methyl sites for hydroxylation is 1. The van der Waals surface area contributed by atoms with Crippen LogP contribution in [0.4, 0.5) is 5.69 Å². The zero-order valence-electron chi connectivity index (χ0n) is 14.2. The number of aromatic nitrogens is 1. The number of halogens is 1. The zero-order chi connectivity index (χ0) is 18.4. The zero-order valence-corrected chi connectivity index (χ0v) is 14.9. The summed E-state index contributed by atoms with van der Waals surface area (Å²) >= 11 is 6.02. The van der Waals surface area contributed by atoms with Gasteiger partial charge in [-0.25, -0.2) is 4.79 Å². The average Bonchev–Trinajstić information content (AvgIpc) is 2.99. The second-order valence-electron chi connectivity index (χ2n) is 6.08. The van der Waals surface area contributed by atoms with E-state index in [0.717, 1.165) is 5.39 Å². The minimum Gasteiger partial charge on any atom is -0.422 e. The summed E-state index contributed by atoms with van der Waals surface area (Å²) in [5.74, 6) is -0.241. The van der Waals surface area contributed by atoms with Gasteiger partial charge in [-0.1, -0.05) is 29.8 Å². The Morgan fingerprint density at radius 1 is 1.08 bits per heavy atom. The molecule has 1 amide bonds. The molecular formula is C20H15ClN2O3. The van der Waals surface area contributed by atoms with Crippen LogP contribution in [0.2, 0.25) is 5.02 Å². The highest BCUT2D eigenvalue weighted by atomic mass is 35.5. The van der Waals surface area contributed by atoms with Crippen molar-refractivity contribution in [2.45, 2.75) is 0 Å². The first-order valence-corrected chi connectivity index (χ1v) is 8.40. The number of fused-ring (bicyclic) bond motifs is 3. The van der Waals surface area contributed by atoms with Crippen molar-refractivity contribution < 1.29 is 9.21 Å². The molecule has 4 rings (SSSR count). The molecule has 0 spiro atoms. The van der Waals surface area contributed by atoms with Gasteiger partial charge in [-0.05, 0) is 36.4 Å². The molecular weight excluding hydrogens is 352 g/mol. The van der Waals surface area contributed by atoms with E-state index < -0.39 is 5.63 Å². The number of carbonyl (C=O) groups excluding carboxylic acids is 1. The fraction of sp³-hybridized carbons (Fsp3) is 0.100. The Balaban J connectivity index is 1.91. The Labute approximate surface area is 154 Å². The Morgan fingerprint density at radius 3 is 2.62 bits per heavy atom. The molecule has 4 aromatic rings. The predicted octanol–water partition coefficient (Wildman–Crippen LogP) is 4.21. The molecule has 0 N–H and O–H groups in total. The van der Waals surface area contributed by atoms with Crippen LogP contribution in [-0.2, 0) is 7.05 Å². The predicted molar refractivity (Wildman–Crippen MR) is 103 cm³/mol. The van der Waals surface area contributed by atoms with Crippen LogP contribution < -0.4 is 10.5 Å². The van der Waals surface area contributed by atoms with E-state index in [9.17, 15) is 9.59 Å². The summed E-state index contributed by atoms with van der Waals surface area (Å²) in [6.45, 7) is 0. The molecule has 26 heavy (non-hydrogen) atoms. The highest BCUT2D eigenvalue weighted by molar-refractivity contribution is 6.31. The van der Waals surface area contributed by atoms with Crippen molar-refractivity contribution >= 4 is 45.1 Å². The summed E-state index contributed by atoms with van der Waals surface area (Å²) < 4.78 is 7.11. The lowest BCUT2D eigenvalue weighted by atomic mass is 10.2. The lowest BCUT2D eigenvalue weighted by Crippen LogP contribution is -2.27. The van der Waals surface area contributed by atoms with Gasteiger partial charge < -0.3 is 13.9 Å². The normalized spacial score (nSPS) is 11.2. The minimum atomic E-state index is -0.459. The van der Waals surface area contributed by atoms with Crippen molar-refractivity contribution in [1.29, 1.82) is 0 Å². The van der Waals surface area contributed by atoms with Gasteiger partial charge >= 0.3 is 5.63 Å². The van der Waals surface area contributed by atoms with Crippen molar-refractivity contribution in [2.75, 3.05) is 11.9 Å². The molecule has 5 nitrogen and oxygen atoms in total. The SMILES string of the molecule is CN(C(=O)c1cc2c(=O)oc3ccccc3c2n1C)c1cccc(Cl)c1. The number of benzene rings is 2. The van der Waals surface area contributed by atoms with Crippen LogP contribution in [0.5, 0.6) is 0 Å². The maximum absolute atomic E-state index is 13.0. The lowest BCUT2D eigenvalue weighted by molar-refractivity contribution is 0.0985. The highest BCUT2D eigenvalue weighted by Gasteiger charge is 2.21. The van der Waals surface area contributed by atoms with E-state index in [2.05, 4.69) is 0 Å². The second-order valence-corrected chi connectivity index (χ2v) is 6.52. The third-order valence-corrected chi connectivity index (χ3v) is 4.75. The second kappa shape index (κ2) is 6.04. The smallest absolute Gasteiger partial charge is 0.345 e. The van der Waals surface area contributed by atoms with Gasteiger partial charge in [-0.15, -0.1) is 0 Å². The van der Waals surface area contributed by atoms with Gasteiger partial charge in [0.2, 0.25) is 0 Å². The van der Waals surface area contributed by atoms with Crippen molar-refractivity contribution in [3.05, 3.63) is 75.7 Å². The minimum absolute atomic E-state index is 0.241. The molecule has 0 unspecified atom stereocenters. The van der Waals surface area contributed by atoms with Crippen molar-refractivity contribution in [3.8, 4) is 0 Å². The van der Waals surface area contributed by atoms with Crippen molar-refractivity contribution in [3.63, 3.8) is 0 Å². The molecule has 0 atom stereocenters. The first-order chi connectivity index (χ1) is 12.5. The third kappa shape index (κ3) is 2.48. The molecule has 0 aliphatic rings. The van der Waals surface area contributed by atoms with E-state index in [0.29, 0.717) is 32.9 Å². The molecule has 0 bridgehead atoms. The standard InChI is InChI=1S/C20H15ClN2O3/c1-22(13-7-5-6-12(21)10-13)19(24)16-11-15-18(23(16)2)14-8-3-4-9-17(14)26-20(15)25/h3-11H,1-2H3. The van der Waals surface area contributed by atoms with Gasteiger partial charge in [-0.3, -0.25) is 4.79 Å². The van der Waals surface area contributed by atoms with Crippen LogP contribution in [0.3, 0.4) is 0 Å². The summed E-state index contributed by atoms with van der Waals surface area (Å²) in [5.41, 5.74) is 1.78. The maximum Gasteiger partial charge on any atom is 0.345 e. The quantitative estimate of drug-likeness (QED) is 0.499. The monoisotopic (exact) mass is 366 g/mol. The van der Waals surface area contributed by atoms with Crippen LogP contribution in [0.1, 0.15) is 10.5 Å². The molecule has 0 fully saturated rings. The number of rotatable bonds is 2. The first kappa shape index (κ1) is 16.4. The highest BCUT2D eigenvalue weighted by Crippen LogP contribution is 2.27. The summed E-state index contributed by atoms with van der Waals surface area (Å²) in [5, 5.41) is 1.72. The molecule has 130 valence electrons. The number of hydrogen-bond acceptors (Lipinski definition) is 3. The van der Waals surface area contributed by atoms with Crippen molar-refractivity contribution in [2.24, 2.45) is 7.05 Å². The number of anilines is 1. The molecule has 2 heterocycles. The van der Waals surface area contributed by atoms with Gasteiger partial charge in [0.15, 0.2) is 0 Å². The third-order valence-electron chi connectivity index (χ3n) is 4.52. The Bertz CT molecular complexity index is 1220. The number of para-hydroxylation sites is 1. The molecule has 2 aromatic carbocycles. The number of amides is 1. The van der Waals surface area contributed by atoms with Crippen LogP contribution in [0, 0.1) is 0 Å². The van der Waals surface area contributed by atoms with Gasteiger partial charge in [-0.2, -0.15) is 0 Å². The molecule has 0 aliphatic carbocycles. The summed E-state index contributed by atoms with van der Waals surface area (Å²) in [6.07, 6.45) is 0. The molecule has 0 saturated heterocycles. The van der Waals surface area contributed by atoms with Gasteiger partial charge in [0.1, 0.15) is 11.3 Å². The van der Waals surface area contributed by atoms with Gasteiger partial charge in [0, 0.05) is 30.2 Å². The molecule has 6 heteroatoms. The molecule has 2 aromatic heterocycles. The summed E-state index contributed by atoms with van der Waals surface area (Å²) in [6, 6.07) is 15.9. The Morgan fingerprint density at radius 2 is 1.85 bits per heavy atom. The van der Waals surface area contributed by atoms with E-state index >= 15 is 0 Å². The van der Waals surface area contributed by atoms with E-state index in [4.69, 9.17) is 16.0 Å². The van der Waals surface area contributed by atoms with Crippen molar-refractivity contribution in [1.82, 2.24) is 4.57 Å². The summed E-state index contributed by atoms with van der Waals surface area (Å²) in [4.78, 5) is 26.9. The maximum atomic E-state index is 13.0. The van der Waals surface area contributed by atoms with Crippen LogP contribution in [0.25, 0.3) is 21.9 Å². The van der Waals surface area contributed by atoms with Gasteiger partial charge in [0.05, 0.1) is 10.9 Å². The van der Waals surface area contributed by atoms with E-state index in [-0.39, 0.29) is 5.91 Å². The van der Waals surface area contributed by atoms with E-state index in [1.807, 2.05) is 12.1 Å². The fourth-order valence-electron chi connectivity index (χ4n) is 3.17. The first-order valence-electron chi connectivity index (χ1n) is 8.02. The number of carbonyl (C=O) groups is 1. The summed E-state index contributed by atoms with van der Waals surface area (Å²) in [7, 11) is 3.44.